The van der Waals surface area contributed by atoms with Gasteiger partial charge in [-0.05, 0) is 70.4 Å². The number of aliphatic hydroxyl groups excluding tert-OH is 1. The fraction of sp³-hybridized carbons (Fsp3) is 0.595. The molecule has 0 spiro atoms. The van der Waals surface area contributed by atoms with Crippen molar-refractivity contribution in [2.75, 3.05) is 38.1 Å². The summed E-state index contributed by atoms with van der Waals surface area (Å²) in [5.41, 5.74) is 4.30. The van der Waals surface area contributed by atoms with Crippen LogP contribution in [0, 0.1) is 18.8 Å². The van der Waals surface area contributed by atoms with Gasteiger partial charge in [-0.1, -0.05) is 43.3 Å². The highest BCUT2D eigenvalue weighted by Gasteiger charge is 2.43. The summed E-state index contributed by atoms with van der Waals surface area (Å²) < 4.78 is 11.3. The quantitative estimate of drug-likeness (QED) is 0.269. The van der Waals surface area contributed by atoms with E-state index in [1.165, 1.54) is 4.90 Å². The molecule has 2 N–H and O–H groups in total. The van der Waals surface area contributed by atoms with Crippen LogP contribution in [0.25, 0.3) is 10.4 Å². The van der Waals surface area contributed by atoms with Gasteiger partial charge in [-0.3, -0.25) is 9.59 Å². The first-order valence-electron chi connectivity index (χ1n) is 17.6. The van der Waals surface area contributed by atoms with Crippen LogP contribution in [-0.2, 0) is 14.3 Å². The number of anilines is 1. The van der Waals surface area contributed by atoms with Crippen LogP contribution >= 0.6 is 11.3 Å². The van der Waals surface area contributed by atoms with Gasteiger partial charge in [0.2, 0.25) is 11.8 Å². The van der Waals surface area contributed by atoms with Gasteiger partial charge in [-0.15, -0.1) is 11.3 Å². The Bertz CT molecular complexity index is 1620. The van der Waals surface area contributed by atoms with E-state index in [0.29, 0.717) is 30.6 Å². The van der Waals surface area contributed by atoms with E-state index in [2.05, 4.69) is 15.5 Å². The van der Waals surface area contributed by atoms with Gasteiger partial charge < -0.3 is 34.4 Å². The number of amides is 3. The van der Waals surface area contributed by atoms with Gasteiger partial charge in [-0.25, -0.2) is 9.78 Å². The third-order valence-corrected chi connectivity index (χ3v) is 10.6. The highest BCUT2D eigenvalue weighted by Crippen LogP contribution is 2.34. The molecule has 4 heterocycles. The second-order valence-electron chi connectivity index (χ2n) is 15.1. The molecule has 0 radical (unpaired) electrons. The first-order chi connectivity index (χ1) is 23.6. The first kappa shape index (κ1) is 37.3. The molecular weight excluding hydrogens is 657 g/mol. The average Bonchev–Trinajstić information content (AvgIpc) is 3.80. The van der Waals surface area contributed by atoms with E-state index in [1.807, 2.05) is 90.2 Å². The van der Waals surface area contributed by atoms with Crippen molar-refractivity contribution in [3.05, 3.63) is 52.9 Å². The number of carbonyl (C=O) groups is 3. The van der Waals surface area contributed by atoms with Gasteiger partial charge in [0.05, 0.1) is 28.2 Å². The number of thiazole rings is 1. The molecule has 1 aromatic carbocycles. The maximum absolute atomic E-state index is 14.1. The number of piperidine rings is 1. The highest BCUT2D eigenvalue weighted by atomic mass is 32.1. The van der Waals surface area contributed by atoms with E-state index >= 15 is 0 Å². The summed E-state index contributed by atoms with van der Waals surface area (Å²) in [5.74, 6) is 0.00581. The third-order valence-electron chi connectivity index (χ3n) is 9.59. The summed E-state index contributed by atoms with van der Waals surface area (Å²) in [6, 6.07) is 8.74. The Morgan fingerprint density at radius 2 is 1.82 bits per heavy atom. The van der Waals surface area contributed by atoms with Crippen molar-refractivity contribution in [2.24, 2.45) is 11.8 Å². The number of benzene rings is 1. The number of aromatic nitrogens is 2. The number of aliphatic hydroxyl groups is 1. The lowest BCUT2D eigenvalue weighted by atomic mass is 9.91. The molecule has 5 rings (SSSR count). The summed E-state index contributed by atoms with van der Waals surface area (Å²) >= 11 is 1.59. The fourth-order valence-electron chi connectivity index (χ4n) is 6.83. The number of nitrogens with zero attached hydrogens (tertiary/aromatic N) is 5. The van der Waals surface area contributed by atoms with Crippen molar-refractivity contribution >= 4 is 35.1 Å². The molecule has 12 nitrogen and oxygen atoms in total. The lowest BCUT2D eigenvalue weighted by Crippen LogP contribution is -2.48. The lowest BCUT2D eigenvalue weighted by Gasteiger charge is -2.34. The first-order valence-corrected chi connectivity index (χ1v) is 18.4. The van der Waals surface area contributed by atoms with E-state index in [1.54, 1.807) is 22.3 Å². The zero-order valence-electron chi connectivity index (χ0n) is 30.5. The molecule has 13 heteroatoms. The minimum absolute atomic E-state index is 0.0698. The Balaban J connectivity index is 1.20. The summed E-state index contributed by atoms with van der Waals surface area (Å²) in [6.07, 6.45) is 0.771. The smallest absolute Gasteiger partial charge is 0.410 e. The predicted molar refractivity (Wildman–Crippen MR) is 193 cm³/mol. The van der Waals surface area contributed by atoms with Gasteiger partial charge in [-0.2, -0.15) is 0 Å². The Hall–Kier alpha value is -3.97. The third kappa shape index (κ3) is 8.84. The van der Waals surface area contributed by atoms with E-state index in [4.69, 9.17) is 9.26 Å². The second-order valence-corrected chi connectivity index (χ2v) is 16.0. The molecule has 2 aliphatic rings. The highest BCUT2D eigenvalue weighted by molar-refractivity contribution is 7.13. The largest absolute Gasteiger partial charge is 0.444 e. The zero-order valence-corrected chi connectivity index (χ0v) is 31.3. The molecular formula is C37H52N6O6S. The van der Waals surface area contributed by atoms with Crippen molar-refractivity contribution in [1.29, 1.82) is 0 Å². The van der Waals surface area contributed by atoms with Crippen LogP contribution in [-0.4, -0.2) is 93.9 Å². The molecule has 3 amide bonds. The molecule has 2 fully saturated rings. The average molecular weight is 709 g/mol. The molecule has 0 bridgehead atoms. The Labute approximate surface area is 299 Å². The number of nitrogens with one attached hydrogen (secondary N) is 1. The van der Waals surface area contributed by atoms with Gasteiger partial charge in [0.15, 0.2) is 11.6 Å². The van der Waals surface area contributed by atoms with Crippen LogP contribution in [0.3, 0.4) is 0 Å². The lowest BCUT2D eigenvalue weighted by molar-refractivity contribution is -0.141. The van der Waals surface area contributed by atoms with E-state index < -0.39 is 23.7 Å². The van der Waals surface area contributed by atoms with Crippen molar-refractivity contribution in [3.63, 3.8) is 0 Å². The topological polar surface area (TPSA) is 141 Å². The molecule has 0 saturated carbocycles. The maximum atomic E-state index is 14.1. The monoisotopic (exact) mass is 708 g/mol. The zero-order chi connectivity index (χ0) is 36.3. The van der Waals surface area contributed by atoms with E-state index in [9.17, 15) is 19.5 Å². The fourth-order valence-corrected chi connectivity index (χ4v) is 7.64. The van der Waals surface area contributed by atoms with Crippen LogP contribution in [0.1, 0.15) is 89.8 Å². The number of ether oxygens (including phenoxy) is 1. The summed E-state index contributed by atoms with van der Waals surface area (Å²) in [6.45, 7) is 15.4. The number of rotatable bonds is 10. The van der Waals surface area contributed by atoms with E-state index in [0.717, 1.165) is 41.1 Å². The number of carbonyl (C=O) groups excluding carboxylic acids is 3. The van der Waals surface area contributed by atoms with Crippen molar-refractivity contribution in [3.8, 4) is 10.4 Å². The predicted octanol–water partition coefficient (Wildman–Crippen LogP) is 5.77. The molecule has 3 aromatic rings. The van der Waals surface area contributed by atoms with Crippen molar-refractivity contribution in [2.45, 2.75) is 97.4 Å². The Kier molecular flexibility index (Phi) is 11.6. The maximum Gasteiger partial charge on any atom is 0.410 e. The van der Waals surface area contributed by atoms with Crippen LogP contribution < -0.4 is 10.2 Å². The molecule has 2 aromatic heterocycles. The Morgan fingerprint density at radius 3 is 2.42 bits per heavy atom. The van der Waals surface area contributed by atoms with Crippen molar-refractivity contribution < 1.29 is 28.8 Å². The van der Waals surface area contributed by atoms with Crippen LogP contribution in [0.15, 0.2) is 40.4 Å². The summed E-state index contributed by atoms with van der Waals surface area (Å²) in [5, 5.41) is 18.0. The molecule has 0 aliphatic carbocycles. The standard InChI is InChI=1S/C37H52N6O6S/c1-22(2)32(30-18-31(40-49-30)41(8)19-25-13-15-42(16-14-25)36(47)48-37(5,6)7)35(46)43-20-28(44)17-29(43)34(45)39-23(3)26-9-11-27(12-10-26)33-24(4)38-21-50-33/h9-12,18,21-23,25,28-29,32,44H,13-17,19-20H2,1-8H3,(H,39,45)/t23-,28+,29-,32+/m0/s1. The number of β-amino-alcohol motifs (C(OH)–C–C–N with tert-alkyl or cyclic N) is 1. The van der Waals surface area contributed by atoms with Crippen molar-refractivity contribution in [1.82, 2.24) is 25.3 Å². The SMILES string of the molecule is Cc1ncsc1-c1ccc([C@H](C)NC(=O)[C@@H]2C[C@@H](O)CN2C(=O)[C@@H](c2cc(N(C)CC3CCN(C(=O)OC(C)(C)C)CC3)no2)C(C)C)cc1. The van der Waals surface area contributed by atoms with Gasteiger partial charge in [0, 0.05) is 45.7 Å². The molecule has 2 aliphatic heterocycles. The van der Waals surface area contributed by atoms with Crippen LogP contribution in [0.2, 0.25) is 0 Å². The molecule has 2 saturated heterocycles. The number of likely N-dealkylation sites (tertiary alicyclic amines) is 2. The van der Waals surface area contributed by atoms with Crippen LogP contribution in [0.5, 0.6) is 0 Å². The Morgan fingerprint density at radius 1 is 1.14 bits per heavy atom. The van der Waals surface area contributed by atoms with Gasteiger partial charge in [0.25, 0.3) is 0 Å². The van der Waals surface area contributed by atoms with Gasteiger partial charge in [0.1, 0.15) is 17.6 Å². The number of aryl methyl sites for hydroxylation is 1. The number of hydrogen-bond donors (Lipinski definition) is 2. The normalized spacial score (nSPS) is 19.8. The second kappa shape index (κ2) is 15.5. The van der Waals surface area contributed by atoms with E-state index in [-0.39, 0.29) is 42.8 Å². The van der Waals surface area contributed by atoms with Crippen LogP contribution in [0.4, 0.5) is 10.6 Å². The molecule has 272 valence electrons. The minimum Gasteiger partial charge on any atom is -0.444 e. The van der Waals surface area contributed by atoms with Gasteiger partial charge >= 0.3 is 6.09 Å². The summed E-state index contributed by atoms with van der Waals surface area (Å²) in [4.78, 5) is 51.0. The molecule has 50 heavy (non-hydrogen) atoms. The number of hydrogen-bond acceptors (Lipinski definition) is 10. The minimum atomic E-state index is -0.808. The molecule has 0 unspecified atom stereocenters. The molecule has 4 atom stereocenters. The summed E-state index contributed by atoms with van der Waals surface area (Å²) in [7, 11) is 1.94.